The van der Waals surface area contributed by atoms with Crippen LogP contribution < -0.4 is 16.6 Å². The van der Waals surface area contributed by atoms with Crippen molar-refractivity contribution in [2.45, 2.75) is 25.1 Å². The molecule has 0 aliphatic carbocycles. The molecule has 0 spiro atoms. The van der Waals surface area contributed by atoms with Gasteiger partial charge in [-0.15, -0.1) is 0 Å². The van der Waals surface area contributed by atoms with Crippen molar-refractivity contribution >= 4 is 35.1 Å². The van der Waals surface area contributed by atoms with Gasteiger partial charge in [0.05, 0.1) is 17.4 Å². The maximum atomic E-state index is 12.0. The number of nitrogens with one attached hydrogen (secondary N) is 2. The number of amides is 1. The number of rotatable bonds is 6. The topological polar surface area (TPSA) is 127 Å². The van der Waals surface area contributed by atoms with Crippen LogP contribution in [0.5, 0.6) is 0 Å². The van der Waals surface area contributed by atoms with E-state index in [9.17, 15) is 14.4 Å². The molecule has 0 saturated heterocycles. The van der Waals surface area contributed by atoms with Gasteiger partial charge in [0.15, 0.2) is 5.16 Å². The fraction of sp³-hybridized carbons (Fsp3) is 0.250. The Morgan fingerprint density at radius 1 is 1.36 bits per heavy atom. The first kappa shape index (κ1) is 18.5. The number of ether oxygens (including phenoxy) is 1. The van der Waals surface area contributed by atoms with Crippen molar-refractivity contribution in [2.75, 3.05) is 16.8 Å². The Morgan fingerprint density at radius 2 is 2.12 bits per heavy atom. The summed E-state index contributed by atoms with van der Waals surface area (Å²) in [5, 5.41) is 2.93. The van der Waals surface area contributed by atoms with Gasteiger partial charge < -0.3 is 20.8 Å². The molecule has 1 aromatic heterocycles. The second kappa shape index (κ2) is 8.34. The molecule has 0 atom stereocenters. The van der Waals surface area contributed by atoms with Gasteiger partial charge in [0.2, 0.25) is 5.91 Å². The fourth-order valence-electron chi connectivity index (χ4n) is 1.86. The number of nitrogens with zero attached hydrogens (tertiary/aromatic N) is 1. The van der Waals surface area contributed by atoms with Crippen LogP contribution in [0, 0.1) is 0 Å². The largest absolute Gasteiger partial charge is 0.459 e. The van der Waals surface area contributed by atoms with Crippen LogP contribution in [0.3, 0.4) is 0 Å². The Labute approximate surface area is 148 Å². The summed E-state index contributed by atoms with van der Waals surface area (Å²) in [4.78, 5) is 41.6. The van der Waals surface area contributed by atoms with E-state index in [-0.39, 0.29) is 34.3 Å². The molecule has 0 saturated carbocycles. The third-order valence-corrected chi connectivity index (χ3v) is 3.68. The third-order valence-electron chi connectivity index (χ3n) is 2.80. The zero-order valence-corrected chi connectivity index (χ0v) is 14.6. The lowest BCUT2D eigenvalue weighted by Crippen LogP contribution is -2.16. The molecule has 25 heavy (non-hydrogen) atoms. The van der Waals surface area contributed by atoms with Crippen LogP contribution in [0.1, 0.15) is 24.2 Å². The molecule has 1 aromatic carbocycles. The lowest BCUT2D eigenvalue weighted by Gasteiger charge is -2.09. The number of esters is 1. The predicted molar refractivity (Wildman–Crippen MR) is 95.6 cm³/mol. The summed E-state index contributed by atoms with van der Waals surface area (Å²) < 4.78 is 5.11. The second-order valence-electron chi connectivity index (χ2n) is 5.35. The van der Waals surface area contributed by atoms with Crippen LogP contribution in [0.2, 0.25) is 0 Å². The molecule has 0 aliphatic rings. The summed E-state index contributed by atoms with van der Waals surface area (Å²) in [6.45, 7) is 3.52. The minimum Gasteiger partial charge on any atom is -0.459 e. The highest BCUT2D eigenvalue weighted by Gasteiger charge is 2.11. The van der Waals surface area contributed by atoms with Crippen LogP contribution in [0.4, 0.5) is 11.5 Å². The molecule has 2 aromatic rings. The maximum Gasteiger partial charge on any atom is 0.338 e. The number of carbonyl (C=O) groups excluding carboxylic acids is 2. The van der Waals surface area contributed by atoms with E-state index >= 15 is 0 Å². The molecule has 0 fully saturated rings. The van der Waals surface area contributed by atoms with Crippen molar-refractivity contribution in [3.05, 3.63) is 46.2 Å². The van der Waals surface area contributed by atoms with E-state index in [1.54, 1.807) is 32.0 Å². The van der Waals surface area contributed by atoms with E-state index in [4.69, 9.17) is 10.5 Å². The quantitative estimate of drug-likeness (QED) is 0.405. The number of H-pyrrole nitrogens is 1. The summed E-state index contributed by atoms with van der Waals surface area (Å²) in [7, 11) is 0. The first-order chi connectivity index (χ1) is 11.8. The number of thioether (sulfide) groups is 1. The lowest BCUT2D eigenvalue weighted by atomic mass is 10.2. The average molecular weight is 362 g/mol. The average Bonchev–Trinajstić information content (AvgIpc) is 2.52. The van der Waals surface area contributed by atoms with Crippen LogP contribution in [0.15, 0.2) is 40.3 Å². The highest BCUT2D eigenvalue weighted by atomic mass is 32.2. The standard InChI is InChI=1S/C16H18N4O4S/c1-9(2)24-15(23)10-4-3-5-11(6-10)18-14(22)8-25-16-19-12(17)7-13(21)20-16/h3-7,9H,8H2,1-2H3,(H,18,22)(H3,17,19,20,21). The van der Waals surface area contributed by atoms with Gasteiger partial charge >= 0.3 is 5.97 Å². The molecule has 1 amide bonds. The smallest absolute Gasteiger partial charge is 0.338 e. The summed E-state index contributed by atoms with van der Waals surface area (Å²) in [5.74, 6) is -0.665. The van der Waals surface area contributed by atoms with Gasteiger partial charge in [0, 0.05) is 11.8 Å². The number of nitrogen functional groups attached to an aromatic ring is 1. The van der Waals surface area contributed by atoms with E-state index in [0.717, 1.165) is 17.8 Å². The molecule has 132 valence electrons. The minimum absolute atomic E-state index is 0.0209. The maximum absolute atomic E-state index is 12.0. The molecule has 1 heterocycles. The Balaban J connectivity index is 1.96. The molecular formula is C16H18N4O4S. The highest BCUT2D eigenvalue weighted by Crippen LogP contribution is 2.15. The van der Waals surface area contributed by atoms with E-state index in [2.05, 4.69) is 15.3 Å². The van der Waals surface area contributed by atoms with E-state index in [1.165, 1.54) is 6.07 Å². The molecule has 8 nitrogen and oxygen atoms in total. The number of hydrogen-bond acceptors (Lipinski definition) is 7. The van der Waals surface area contributed by atoms with Gasteiger partial charge in [-0.25, -0.2) is 9.78 Å². The number of benzene rings is 1. The second-order valence-corrected chi connectivity index (χ2v) is 6.31. The van der Waals surface area contributed by atoms with Gasteiger partial charge in [-0.1, -0.05) is 17.8 Å². The Morgan fingerprint density at radius 3 is 2.80 bits per heavy atom. The highest BCUT2D eigenvalue weighted by molar-refractivity contribution is 7.99. The number of aromatic amines is 1. The summed E-state index contributed by atoms with van der Waals surface area (Å²) in [6, 6.07) is 7.61. The number of anilines is 2. The van der Waals surface area contributed by atoms with Crippen molar-refractivity contribution in [3.8, 4) is 0 Å². The van der Waals surface area contributed by atoms with Crippen molar-refractivity contribution in [1.29, 1.82) is 0 Å². The van der Waals surface area contributed by atoms with Crippen molar-refractivity contribution in [2.24, 2.45) is 0 Å². The monoisotopic (exact) mass is 362 g/mol. The van der Waals surface area contributed by atoms with E-state index in [1.807, 2.05) is 0 Å². The molecule has 0 aliphatic heterocycles. The molecule has 0 radical (unpaired) electrons. The van der Waals surface area contributed by atoms with E-state index < -0.39 is 5.97 Å². The molecular weight excluding hydrogens is 344 g/mol. The van der Waals surface area contributed by atoms with Crippen LogP contribution in [-0.2, 0) is 9.53 Å². The SMILES string of the molecule is CC(C)OC(=O)c1cccc(NC(=O)CSc2nc(N)cc(=O)[nH]2)c1. The number of nitrogens with two attached hydrogens (primary N) is 1. The molecule has 0 unspecified atom stereocenters. The van der Waals surface area contributed by atoms with Crippen molar-refractivity contribution in [1.82, 2.24) is 9.97 Å². The summed E-state index contributed by atoms with van der Waals surface area (Å²) in [6.07, 6.45) is -0.227. The zero-order valence-electron chi connectivity index (χ0n) is 13.7. The van der Waals surface area contributed by atoms with Gasteiger partial charge in [0.1, 0.15) is 5.82 Å². The van der Waals surface area contributed by atoms with E-state index in [0.29, 0.717) is 11.3 Å². The van der Waals surface area contributed by atoms with Gasteiger partial charge in [-0.2, -0.15) is 0 Å². The van der Waals surface area contributed by atoms with Gasteiger partial charge in [-0.05, 0) is 32.0 Å². The summed E-state index contributed by atoms with van der Waals surface area (Å²) in [5.41, 5.74) is 5.92. The molecule has 0 bridgehead atoms. The van der Waals surface area contributed by atoms with Crippen LogP contribution >= 0.6 is 11.8 Å². The van der Waals surface area contributed by atoms with Crippen LogP contribution in [0.25, 0.3) is 0 Å². The molecule has 2 rings (SSSR count). The number of hydrogen-bond donors (Lipinski definition) is 3. The van der Waals surface area contributed by atoms with Crippen molar-refractivity contribution < 1.29 is 14.3 Å². The van der Waals surface area contributed by atoms with Gasteiger partial charge in [0.25, 0.3) is 5.56 Å². The normalized spacial score (nSPS) is 10.5. The minimum atomic E-state index is -0.456. The predicted octanol–water partition coefficient (Wildman–Crippen LogP) is 1.65. The fourth-order valence-corrected chi connectivity index (χ4v) is 2.54. The lowest BCUT2D eigenvalue weighted by molar-refractivity contribution is -0.113. The number of aromatic nitrogens is 2. The first-order valence-electron chi connectivity index (χ1n) is 7.44. The molecule has 4 N–H and O–H groups in total. The zero-order chi connectivity index (χ0) is 18.4. The molecule has 9 heteroatoms. The first-order valence-corrected chi connectivity index (χ1v) is 8.42. The van der Waals surface area contributed by atoms with Crippen molar-refractivity contribution in [3.63, 3.8) is 0 Å². The van der Waals surface area contributed by atoms with Crippen LogP contribution in [-0.4, -0.2) is 33.7 Å². The van der Waals surface area contributed by atoms with Gasteiger partial charge in [-0.3, -0.25) is 9.59 Å². The Bertz CT molecular complexity index is 835. The summed E-state index contributed by atoms with van der Waals surface area (Å²) >= 11 is 1.04. The number of carbonyl (C=O) groups is 2. The third kappa shape index (κ3) is 5.96. The Hall–Kier alpha value is -2.81. The Kier molecular flexibility index (Phi) is 6.18.